The first-order valence-electron chi connectivity index (χ1n) is 3.81. The lowest BCUT2D eigenvalue weighted by molar-refractivity contribution is 0.0969. The van der Waals surface area contributed by atoms with Gasteiger partial charge in [-0.25, -0.2) is 4.98 Å². The summed E-state index contributed by atoms with van der Waals surface area (Å²) in [5.74, 6) is -0.866. The summed E-state index contributed by atoms with van der Waals surface area (Å²) < 4.78 is 5.03. The van der Waals surface area contributed by atoms with Crippen molar-refractivity contribution < 1.29 is 9.21 Å². The molecule has 0 bridgehead atoms. The van der Waals surface area contributed by atoms with E-state index in [4.69, 9.17) is 15.4 Å². The van der Waals surface area contributed by atoms with Crippen molar-refractivity contribution in [2.45, 2.75) is 0 Å². The molecule has 2 rings (SSSR count). The molecule has 0 fully saturated rings. The molecule has 5 heteroatoms. The van der Waals surface area contributed by atoms with Crippen molar-refractivity contribution in [1.29, 1.82) is 5.26 Å². The quantitative estimate of drug-likeness (QED) is 0.714. The number of nitriles is 1. The summed E-state index contributed by atoms with van der Waals surface area (Å²) in [4.78, 5) is 14.6. The van der Waals surface area contributed by atoms with E-state index in [9.17, 15) is 4.79 Å². The number of hydrogen-bond donors (Lipinski definition) is 1. The SMILES string of the molecule is N#Cc1ccc2oc(C(N)=O)nc2c1. The largest absolute Gasteiger partial charge is 0.432 e. The lowest BCUT2D eigenvalue weighted by Gasteiger charge is -1.85. The van der Waals surface area contributed by atoms with Gasteiger partial charge in [-0.2, -0.15) is 5.26 Å². The Labute approximate surface area is 78.8 Å². The Balaban J connectivity index is 2.67. The van der Waals surface area contributed by atoms with Crippen LogP contribution in [0.2, 0.25) is 0 Å². The predicted octanol–water partition coefficient (Wildman–Crippen LogP) is 0.798. The van der Waals surface area contributed by atoms with Gasteiger partial charge in [-0.05, 0) is 18.2 Å². The molecular weight excluding hydrogens is 182 g/mol. The van der Waals surface area contributed by atoms with Crippen LogP contribution in [0.3, 0.4) is 0 Å². The summed E-state index contributed by atoms with van der Waals surface area (Å²) in [6.45, 7) is 0. The highest BCUT2D eigenvalue weighted by Gasteiger charge is 2.10. The van der Waals surface area contributed by atoms with Crippen LogP contribution in [0.1, 0.15) is 16.2 Å². The lowest BCUT2D eigenvalue weighted by Crippen LogP contribution is -2.10. The van der Waals surface area contributed by atoms with E-state index >= 15 is 0 Å². The monoisotopic (exact) mass is 187 g/mol. The first-order valence-corrected chi connectivity index (χ1v) is 3.81. The maximum absolute atomic E-state index is 10.7. The molecule has 0 aliphatic heterocycles. The van der Waals surface area contributed by atoms with Gasteiger partial charge in [-0.15, -0.1) is 0 Å². The zero-order valence-electron chi connectivity index (χ0n) is 7.02. The van der Waals surface area contributed by atoms with Crippen molar-refractivity contribution in [2.75, 3.05) is 0 Å². The molecule has 68 valence electrons. The van der Waals surface area contributed by atoms with E-state index < -0.39 is 5.91 Å². The molecule has 1 aromatic heterocycles. The van der Waals surface area contributed by atoms with Gasteiger partial charge in [-0.1, -0.05) is 0 Å². The molecule has 5 nitrogen and oxygen atoms in total. The number of nitrogens with zero attached hydrogens (tertiary/aromatic N) is 2. The zero-order valence-corrected chi connectivity index (χ0v) is 7.02. The number of nitrogens with two attached hydrogens (primary N) is 1. The van der Waals surface area contributed by atoms with E-state index in [0.29, 0.717) is 16.7 Å². The standard InChI is InChI=1S/C9H5N3O2/c10-4-5-1-2-7-6(3-5)12-9(14-7)8(11)13/h1-3H,(H2,11,13). The first kappa shape index (κ1) is 8.26. The topological polar surface area (TPSA) is 92.9 Å². The highest BCUT2D eigenvalue weighted by atomic mass is 16.4. The number of hydrogen-bond acceptors (Lipinski definition) is 4. The number of amides is 1. The van der Waals surface area contributed by atoms with Crippen LogP contribution in [0.25, 0.3) is 11.1 Å². The molecular formula is C9H5N3O2. The Kier molecular flexibility index (Phi) is 1.68. The maximum Gasteiger partial charge on any atom is 0.304 e. The molecule has 2 N–H and O–H groups in total. The molecule has 0 atom stereocenters. The van der Waals surface area contributed by atoms with Crippen LogP contribution in [0.5, 0.6) is 0 Å². The van der Waals surface area contributed by atoms with Gasteiger partial charge in [0.2, 0.25) is 0 Å². The minimum atomic E-state index is -0.722. The van der Waals surface area contributed by atoms with Gasteiger partial charge < -0.3 is 10.2 Å². The second-order valence-electron chi connectivity index (χ2n) is 2.68. The third kappa shape index (κ3) is 1.19. The molecule has 0 aliphatic carbocycles. The zero-order chi connectivity index (χ0) is 10.1. The van der Waals surface area contributed by atoms with Gasteiger partial charge in [0.15, 0.2) is 5.58 Å². The van der Waals surface area contributed by atoms with Crippen molar-refractivity contribution in [3.05, 3.63) is 29.7 Å². The molecule has 0 saturated heterocycles. The van der Waals surface area contributed by atoms with Crippen LogP contribution < -0.4 is 5.73 Å². The molecule has 14 heavy (non-hydrogen) atoms. The minimum Gasteiger partial charge on any atom is -0.432 e. The van der Waals surface area contributed by atoms with Crippen LogP contribution in [-0.4, -0.2) is 10.9 Å². The van der Waals surface area contributed by atoms with Gasteiger partial charge in [-0.3, -0.25) is 4.79 Å². The summed E-state index contributed by atoms with van der Waals surface area (Å²) in [5, 5.41) is 8.61. The highest BCUT2D eigenvalue weighted by molar-refractivity contribution is 5.91. The average molecular weight is 187 g/mol. The molecule has 1 heterocycles. The van der Waals surface area contributed by atoms with Crippen molar-refractivity contribution in [1.82, 2.24) is 4.98 Å². The molecule has 0 unspecified atom stereocenters. The van der Waals surface area contributed by atoms with Gasteiger partial charge in [0.05, 0.1) is 11.6 Å². The fourth-order valence-corrected chi connectivity index (χ4v) is 1.10. The number of fused-ring (bicyclic) bond motifs is 1. The van der Waals surface area contributed by atoms with Crippen LogP contribution in [0.4, 0.5) is 0 Å². The van der Waals surface area contributed by atoms with Crippen molar-refractivity contribution >= 4 is 17.0 Å². The van der Waals surface area contributed by atoms with Crippen molar-refractivity contribution in [3.63, 3.8) is 0 Å². The average Bonchev–Trinajstić information content (AvgIpc) is 2.59. The highest BCUT2D eigenvalue weighted by Crippen LogP contribution is 2.16. The summed E-state index contributed by atoms with van der Waals surface area (Å²) in [5.41, 5.74) is 6.35. The number of aromatic nitrogens is 1. The van der Waals surface area contributed by atoms with Gasteiger partial charge in [0.25, 0.3) is 5.89 Å². The number of oxazole rings is 1. The van der Waals surface area contributed by atoms with Crippen LogP contribution in [0.15, 0.2) is 22.6 Å². The van der Waals surface area contributed by atoms with E-state index in [2.05, 4.69) is 4.98 Å². The number of benzene rings is 1. The second-order valence-corrected chi connectivity index (χ2v) is 2.68. The van der Waals surface area contributed by atoms with Gasteiger partial charge >= 0.3 is 5.91 Å². The van der Waals surface area contributed by atoms with E-state index in [1.165, 1.54) is 6.07 Å². The number of rotatable bonds is 1. The van der Waals surface area contributed by atoms with Crippen LogP contribution in [0, 0.1) is 11.3 Å². The Morgan fingerprint density at radius 1 is 1.57 bits per heavy atom. The fraction of sp³-hybridized carbons (Fsp3) is 0. The molecule has 0 radical (unpaired) electrons. The Bertz CT molecular complexity index is 551. The van der Waals surface area contributed by atoms with Crippen LogP contribution >= 0.6 is 0 Å². The number of carbonyl (C=O) groups is 1. The molecule has 1 amide bonds. The maximum atomic E-state index is 10.7. The molecule has 0 spiro atoms. The van der Waals surface area contributed by atoms with Gasteiger partial charge in [0.1, 0.15) is 5.52 Å². The van der Waals surface area contributed by atoms with E-state index in [1.54, 1.807) is 12.1 Å². The summed E-state index contributed by atoms with van der Waals surface area (Å²) >= 11 is 0. The Morgan fingerprint density at radius 2 is 2.36 bits per heavy atom. The predicted molar refractivity (Wildman–Crippen MR) is 47.2 cm³/mol. The first-order chi connectivity index (χ1) is 6.70. The third-order valence-corrected chi connectivity index (χ3v) is 1.73. The van der Waals surface area contributed by atoms with Crippen molar-refractivity contribution in [3.8, 4) is 6.07 Å². The lowest BCUT2D eigenvalue weighted by atomic mass is 10.2. The molecule has 0 aliphatic rings. The fourth-order valence-electron chi connectivity index (χ4n) is 1.10. The summed E-state index contributed by atoms with van der Waals surface area (Å²) in [7, 11) is 0. The normalized spacial score (nSPS) is 9.93. The van der Waals surface area contributed by atoms with Gasteiger partial charge in [0, 0.05) is 0 Å². The molecule has 1 aromatic carbocycles. The molecule has 0 saturated carbocycles. The van der Waals surface area contributed by atoms with E-state index in [1.807, 2.05) is 6.07 Å². The summed E-state index contributed by atoms with van der Waals surface area (Å²) in [6.07, 6.45) is 0. The van der Waals surface area contributed by atoms with E-state index in [0.717, 1.165) is 0 Å². The smallest absolute Gasteiger partial charge is 0.304 e. The van der Waals surface area contributed by atoms with Crippen molar-refractivity contribution in [2.24, 2.45) is 5.73 Å². The van der Waals surface area contributed by atoms with E-state index in [-0.39, 0.29) is 5.89 Å². The summed E-state index contributed by atoms with van der Waals surface area (Å²) in [6, 6.07) is 6.65. The Morgan fingerprint density at radius 3 is 3.00 bits per heavy atom. The van der Waals surface area contributed by atoms with Crippen LogP contribution in [-0.2, 0) is 0 Å². The third-order valence-electron chi connectivity index (χ3n) is 1.73. The number of primary amides is 1. The minimum absolute atomic E-state index is 0.143. The molecule has 2 aromatic rings. The second kappa shape index (κ2) is 2.85. The number of carbonyl (C=O) groups excluding carboxylic acids is 1. The Hall–Kier alpha value is -2.35.